The number of hydrogen-bond donors (Lipinski definition) is 0. The summed E-state index contributed by atoms with van der Waals surface area (Å²) in [6.45, 7) is 0. The molecular weight excluding hydrogens is 671 g/mol. The van der Waals surface area contributed by atoms with Gasteiger partial charge in [0.2, 0.25) is 0 Å². The van der Waals surface area contributed by atoms with E-state index in [0.717, 1.165) is 72.5 Å². The van der Waals surface area contributed by atoms with Crippen LogP contribution in [0.4, 0.5) is 0 Å². The van der Waals surface area contributed by atoms with Crippen molar-refractivity contribution in [2.24, 2.45) is 0 Å². The molecule has 2 aromatic heterocycles. The Balaban J connectivity index is 1.23. The molecule has 4 heteroatoms. The Morgan fingerprint density at radius 2 is 1.07 bits per heavy atom. The summed E-state index contributed by atoms with van der Waals surface area (Å²) in [5, 5.41) is 4.63. The van der Waals surface area contributed by atoms with Crippen molar-refractivity contribution in [2.75, 3.05) is 0 Å². The molecule has 0 amide bonds. The van der Waals surface area contributed by atoms with E-state index >= 15 is 0 Å². The molecular formula is C51H31N3O. The number of fused-ring (bicyclic) bond motifs is 14. The molecule has 0 saturated heterocycles. The zero-order chi connectivity index (χ0) is 36.1. The van der Waals surface area contributed by atoms with Crippen LogP contribution in [0.3, 0.4) is 0 Å². The second-order valence-corrected chi connectivity index (χ2v) is 14.5. The molecule has 1 aliphatic heterocycles. The third-order valence-electron chi connectivity index (χ3n) is 11.7. The predicted octanol–water partition coefficient (Wildman–Crippen LogP) is 12.5. The maximum absolute atomic E-state index is 7.02. The van der Waals surface area contributed by atoms with Gasteiger partial charge in [0.1, 0.15) is 17.3 Å². The lowest BCUT2D eigenvalue weighted by Crippen LogP contribution is -2.32. The molecule has 1 spiro atoms. The Morgan fingerprint density at radius 3 is 1.84 bits per heavy atom. The molecule has 0 bridgehead atoms. The van der Waals surface area contributed by atoms with E-state index in [4.69, 9.17) is 14.7 Å². The van der Waals surface area contributed by atoms with E-state index in [1.165, 1.54) is 27.6 Å². The maximum atomic E-state index is 7.02. The van der Waals surface area contributed by atoms with Crippen molar-refractivity contribution in [3.63, 3.8) is 0 Å². The first-order chi connectivity index (χ1) is 27.3. The maximum Gasteiger partial charge on any atom is 0.162 e. The molecule has 10 aromatic rings. The van der Waals surface area contributed by atoms with Gasteiger partial charge in [0.05, 0.1) is 22.1 Å². The van der Waals surface area contributed by atoms with Crippen LogP contribution in [-0.4, -0.2) is 14.5 Å². The Bertz CT molecular complexity index is 3080. The first-order valence-corrected chi connectivity index (χ1v) is 18.7. The van der Waals surface area contributed by atoms with Crippen LogP contribution >= 0.6 is 0 Å². The van der Waals surface area contributed by atoms with Crippen LogP contribution in [0.25, 0.3) is 72.2 Å². The Kier molecular flexibility index (Phi) is 6.23. The lowest BCUT2D eigenvalue weighted by Gasteiger charge is -2.39. The van der Waals surface area contributed by atoms with E-state index in [9.17, 15) is 0 Å². The number of para-hydroxylation sites is 1. The van der Waals surface area contributed by atoms with Crippen LogP contribution in [-0.2, 0) is 5.41 Å². The largest absolute Gasteiger partial charge is 0.457 e. The van der Waals surface area contributed by atoms with Crippen molar-refractivity contribution >= 4 is 32.6 Å². The molecule has 0 saturated carbocycles. The van der Waals surface area contributed by atoms with E-state index in [0.29, 0.717) is 5.82 Å². The summed E-state index contributed by atoms with van der Waals surface area (Å²) in [6, 6.07) is 67.0. The van der Waals surface area contributed by atoms with Gasteiger partial charge in [0, 0.05) is 50.5 Å². The lowest BCUT2D eigenvalue weighted by molar-refractivity contribution is 0.437. The molecule has 256 valence electrons. The zero-order valence-corrected chi connectivity index (χ0v) is 29.6. The second-order valence-electron chi connectivity index (χ2n) is 14.5. The average Bonchev–Trinajstić information content (AvgIpc) is 3.74. The van der Waals surface area contributed by atoms with Crippen molar-refractivity contribution in [2.45, 2.75) is 5.41 Å². The predicted molar refractivity (Wildman–Crippen MR) is 222 cm³/mol. The summed E-state index contributed by atoms with van der Waals surface area (Å²) >= 11 is 0. The van der Waals surface area contributed by atoms with Gasteiger partial charge in [-0.15, -0.1) is 0 Å². The summed E-state index contributed by atoms with van der Waals surface area (Å²) < 4.78 is 9.35. The van der Waals surface area contributed by atoms with E-state index in [2.05, 4.69) is 168 Å². The van der Waals surface area contributed by atoms with E-state index < -0.39 is 5.41 Å². The number of nitrogens with zero attached hydrogens (tertiary/aromatic N) is 3. The van der Waals surface area contributed by atoms with Gasteiger partial charge in [-0.2, -0.15) is 0 Å². The van der Waals surface area contributed by atoms with Gasteiger partial charge in [-0.1, -0.05) is 164 Å². The highest BCUT2D eigenvalue weighted by atomic mass is 16.5. The van der Waals surface area contributed by atoms with Gasteiger partial charge in [-0.05, 0) is 39.8 Å². The molecule has 2 aliphatic rings. The fraction of sp³-hybridized carbons (Fsp3) is 0.0196. The Hall–Kier alpha value is -7.30. The van der Waals surface area contributed by atoms with Crippen LogP contribution in [0.15, 0.2) is 188 Å². The Labute approximate surface area is 317 Å². The highest BCUT2D eigenvalue weighted by Gasteiger charge is 2.51. The third kappa shape index (κ3) is 4.16. The SMILES string of the molecule is c1ccc(-c2cc(-n3c4cc5c(cc4c4ccc6ccccc6c43)C3(c4ccccc4O5)c4ccccc4-c4ccccc43)nc(-c3ccccc3)n2)cc1. The number of hydrogen-bond acceptors (Lipinski definition) is 3. The monoisotopic (exact) mass is 701 g/mol. The molecule has 0 radical (unpaired) electrons. The van der Waals surface area contributed by atoms with Gasteiger partial charge in [0.15, 0.2) is 5.82 Å². The normalized spacial score (nSPS) is 13.4. The van der Waals surface area contributed by atoms with Crippen molar-refractivity contribution in [3.05, 3.63) is 210 Å². The molecule has 3 heterocycles. The molecule has 8 aromatic carbocycles. The summed E-state index contributed by atoms with van der Waals surface area (Å²) in [5.74, 6) is 3.18. The highest BCUT2D eigenvalue weighted by molar-refractivity contribution is 6.19. The highest BCUT2D eigenvalue weighted by Crippen LogP contribution is 2.62. The number of ether oxygens (including phenoxy) is 1. The fourth-order valence-corrected chi connectivity index (χ4v) is 9.39. The topological polar surface area (TPSA) is 39.9 Å². The summed E-state index contributed by atoms with van der Waals surface area (Å²) in [7, 11) is 0. The van der Waals surface area contributed by atoms with Gasteiger partial charge >= 0.3 is 0 Å². The smallest absolute Gasteiger partial charge is 0.162 e. The standard InChI is InChI=1S/C51H31N3O/c1-3-16-33(17-4-1)44-30-48(53-50(52-44)34-18-5-2-6-19-34)54-45-31-47-43(29-39(45)38-28-27-32-15-7-8-20-35(32)49(38)54)51(42-25-13-14-26-46(42)55-47)40-23-11-9-21-36(40)37-22-10-12-24-41(37)51/h1-31H. The van der Waals surface area contributed by atoms with Crippen LogP contribution in [0, 0.1) is 0 Å². The summed E-state index contributed by atoms with van der Waals surface area (Å²) in [4.78, 5) is 10.5. The number of aromatic nitrogens is 3. The molecule has 55 heavy (non-hydrogen) atoms. The summed E-state index contributed by atoms with van der Waals surface area (Å²) in [6.07, 6.45) is 0. The van der Waals surface area contributed by atoms with Crippen molar-refractivity contribution < 1.29 is 4.74 Å². The van der Waals surface area contributed by atoms with Gasteiger partial charge in [-0.3, -0.25) is 4.57 Å². The van der Waals surface area contributed by atoms with E-state index in [-0.39, 0.29) is 0 Å². The molecule has 1 aliphatic carbocycles. The summed E-state index contributed by atoms with van der Waals surface area (Å²) in [5.41, 5.74) is 11.8. The van der Waals surface area contributed by atoms with Gasteiger partial charge in [-0.25, -0.2) is 9.97 Å². The van der Waals surface area contributed by atoms with Gasteiger partial charge < -0.3 is 4.74 Å². The Morgan fingerprint density at radius 1 is 0.436 bits per heavy atom. The second kappa shape index (κ2) is 11.3. The van der Waals surface area contributed by atoms with Crippen LogP contribution in [0.5, 0.6) is 11.5 Å². The van der Waals surface area contributed by atoms with Crippen LogP contribution in [0.1, 0.15) is 22.3 Å². The molecule has 12 rings (SSSR count). The van der Waals surface area contributed by atoms with Crippen molar-refractivity contribution in [1.82, 2.24) is 14.5 Å². The molecule has 0 N–H and O–H groups in total. The van der Waals surface area contributed by atoms with Crippen molar-refractivity contribution in [3.8, 4) is 51.1 Å². The van der Waals surface area contributed by atoms with Gasteiger partial charge in [0.25, 0.3) is 0 Å². The minimum atomic E-state index is -0.563. The molecule has 0 fully saturated rings. The first-order valence-electron chi connectivity index (χ1n) is 18.7. The van der Waals surface area contributed by atoms with Crippen LogP contribution < -0.4 is 4.74 Å². The van der Waals surface area contributed by atoms with E-state index in [1.54, 1.807) is 0 Å². The quantitative estimate of drug-likeness (QED) is 0.184. The number of benzene rings is 8. The third-order valence-corrected chi connectivity index (χ3v) is 11.7. The fourth-order valence-electron chi connectivity index (χ4n) is 9.39. The van der Waals surface area contributed by atoms with Crippen LogP contribution in [0.2, 0.25) is 0 Å². The van der Waals surface area contributed by atoms with E-state index in [1.807, 2.05) is 24.3 Å². The minimum Gasteiger partial charge on any atom is -0.457 e. The molecule has 0 atom stereocenters. The average molecular weight is 702 g/mol. The molecule has 4 nitrogen and oxygen atoms in total. The minimum absolute atomic E-state index is 0.563. The number of rotatable bonds is 3. The van der Waals surface area contributed by atoms with Crippen molar-refractivity contribution in [1.29, 1.82) is 0 Å². The lowest BCUT2D eigenvalue weighted by atomic mass is 9.66. The molecule has 0 unspecified atom stereocenters. The first kappa shape index (κ1) is 30.2. The zero-order valence-electron chi connectivity index (χ0n) is 29.6.